The van der Waals surface area contributed by atoms with E-state index in [0.717, 1.165) is 6.42 Å². The standard InChI is InChI=1S/C15H25N3O4S/c1-5-9-15(3,16)14(19)17-11-7-8-12(13(10-11)22-4)18-23(20,21)6-2/h7-8,10,18H,5-6,9,16H2,1-4H3,(H,17,19). The van der Waals surface area contributed by atoms with Gasteiger partial charge < -0.3 is 15.8 Å². The molecule has 0 aliphatic heterocycles. The summed E-state index contributed by atoms with van der Waals surface area (Å²) in [6.45, 7) is 5.17. The Bertz CT molecular complexity index is 657. The number of carbonyl (C=O) groups is 1. The first kappa shape index (κ1) is 19.2. The third kappa shape index (κ3) is 5.40. The smallest absolute Gasteiger partial charge is 0.244 e. The lowest BCUT2D eigenvalue weighted by molar-refractivity contribution is -0.120. The second kappa shape index (κ2) is 7.65. The van der Waals surface area contributed by atoms with Crippen molar-refractivity contribution in [3.8, 4) is 5.75 Å². The van der Waals surface area contributed by atoms with Gasteiger partial charge in [-0.1, -0.05) is 13.3 Å². The average molecular weight is 343 g/mol. The van der Waals surface area contributed by atoms with Crippen LogP contribution in [0.5, 0.6) is 5.75 Å². The van der Waals surface area contributed by atoms with E-state index < -0.39 is 15.6 Å². The first-order chi connectivity index (χ1) is 10.6. The Morgan fingerprint density at radius 1 is 1.35 bits per heavy atom. The summed E-state index contributed by atoms with van der Waals surface area (Å²) in [4.78, 5) is 12.2. The molecule has 0 bridgehead atoms. The van der Waals surface area contributed by atoms with Gasteiger partial charge in [0.1, 0.15) is 5.75 Å². The zero-order valence-corrected chi connectivity index (χ0v) is 14.8. The van der Waals surface area contributed by atoms with Crippen molar-refractivity contribution in [1.29, 1.82) is 0 Å². The minimum atomic E-state index is -3.41. The molecule has 0 aliphatic carbocycles. The van der Waals surface area contributed by atoms with E-state index in [1.54, 1.807) is 26.0 Å². The Morgan fingerprint density at radius 3 is 2.52 bits per heavy atom. The van der Waals surface area contributed by atoms with Crippen LogP contribution in [0.2, 0.25) is 0 Å². The third-order valence-electron chi connectivity index (χ3n) is 3.39. The SMILES string of the molecule is CCCC(C)(N)C(=O)Nc1ccc(NS(=O)(=O)CC)c(OC)c1. The quantitative estimate of drug-likeness (QED) is 0.668. The molecule has 0 saturated heterocycles. The summed E-state index contributed by atoms with van der Waals surface area (Å²) in [6.07, 6.45) is 1.35. The highest BCUT2D eigenvalue weighted by molar-refractivity contribution is 7.92. The molecule has 0 radical (unpaired) electrons. The summed E-state index contributed by atoms with van der Waals surface area (Å²) in [5.41, 5.74) is 5.82. The Balaban J connectivity index is 2.98. The van der Waals surface area contributed by atoms with Crippen molar-refractivity contribution in [2.75, 3.05) is 22.9 Å². The van der Waals surface area contributed by atoms with Gasteiger partial charge >= 0.3 is 0 Å². The van der Waals surface area contributed by atoms with Gasteiger partial charge in [-0.2, -0.15) is 0 Å². The van der Waals surface area contributed by atoms with Crippen LogP contribution in [0.3, 0.4) is 0 Å². The van der Waals surface area contributed by atoms with Gasteiger partial charge in [0.15, 0.2) is 0 Å². The minimum absolute atomic E-state index is 0.0445. The van der Waals surface area contributed by atoms with Gasteiger partial charge in [-0.05, 0) is 32.4 Å². The van der Waals surface area contributed by atoms with E-state index in [0.29, 0.717) is 23.5 Å². The first-order valence-corrected chi connectivity index (χ1v) is 9.09. The molecule has 0 spiro atoms. The van der Waals surface area contributed by atoms with Gasteiger partial charge in [0.05, 0.1) is 24.1 Å². The summed E-state index contributed by atoms with van der Waals surface area (Å²) in [5.74, 6) is -0.0330. The van der Waals surface area contributed by atoms with Crippen LogP contribution in [0.4, 0.5) is 11.4 Å². The maximum Gasteiger partial charge on any atom is 0.244 e. The molecule has 1 atom stereocenters. The molecule has 23 heavy (non-hydrogen) atoms. The molecule has 4 N–H and O–H groups in total. The number of ether oxygens (including phenoxy) is 1. The molecule has 1 aromatic carbocycles. The van der Waals surface area contributed by atoms with Gasteiger partial charge in [-0.15, -0.1) is 0 Å². The molecule has 1 aromatic rings. The van der Waals surface area contributed by atoms with Crippen molar-refractivity contribution in [2.24, 2.45) is 5.73 Å². The number of sulfonamides is 1. The monoisotopic (exact) mass is 343 g/mol. The molecular weight excluding hydrogens is 318 g/mol. The van der Waals surface area contributed by atoms with Crippen molar-refractivity contribution in [1.82, 2.24) is 0 Å². The van der Waals surface area contributed by atoms with Crippen LogP contribution in [-0.4, -0.2) is 32.7 Å². The highest BCUT2D eigenvalue weighted by atomic mass is 32.2. The Morgan fingerprint density at radius 2 is 2.00 bits per heavy atom. The molecule has 7 nitrogen and oxygen atoms in total. The van der Waals surface area contributed by atoms with Crippen molar-refractivity contribution in [2.45, 2.75) is 39.2 Å². The molecule has 0 saturated carbocycles. The predicted molar refractivity (Wildman–Crippen MR) is 92.2 cm³/mol. The lowest BCUT2D eigenvalue weighted by atomic mass is 9.96. The molecule has 0 heterocycles. The van der Waals surface area contributed by atoms with E-state index in [4.69, 9.17) is 10.5 Å². The number of methoxy groups -OCH3 is 1. The van der Waals surface area contributed by atoms with E-state index in [-0.39, 0.29) is 11.7 Å². The van der Waals surface area contributed by atoms with Gasteiger partial charge in [-0.3, -0.25) is 9.52 Å². The van der Waals surface area contributed by atoms with Crippen LogP contribution in [0.25, 0.3) is 0 Å². The van der Waals surface area contributed by atoms with Gasteiger partial charge in [0.25, 0.3) is 0 Å². The van der Waals surface area contributed by atoms with E-state index in [9.17, 15) is 13.2 Å². The first-order valence-electron chi connectivity index (χ1n) is 7.44. The molecule has 0 aromatic heterocycles. The Kier molecular flexibility index (Phi) is 6.40. The lowest BCUT2D eigenvalue weighted by Gasteiger charge is -2.23. The number of amides is 1. The topological polar surface area (TPSA) is 111 Å². The second-order valence-electron chi connectivity index (χ2n) is 5.54. The highest BCUT2D eigenvalue weighted by Crippen LogP contribution is 2.29. The van der Waals surface area contributed by atoms with Crippen molar-refractivity contribution in [3.05, 3.63) is 18.2 Å². The minimum Gasteiger partial charge on any atom is -0.494 e. The zero-order valence-electron chi connectivity index (χ0n) is 14.0. The van der Waals surface area contributed by atoms with Crippen LogP contribution in [0.1, 0.15) is 33.6 Å². The van der Waals surface area contributed by atoms with Crippen LogP contribution < -0.4 is 20.5 Å². The Hall–Kier alpha value is -1.80. The van der Waals surface area contributed by atoms with Crippen molar-refractivity contribution >= 4 is 27.3 Å². The predicted octanol–water partition coefficient (Wildman–Crippen LogP) is 1.91. The zero-order chi connectivity index (χ0) is 17.7. The largest absolute Gasteiger partial charge is 0.494 e. The maximum absolute atomic E-state index is 12.2. The van der Waals surface area contributed by atoms with Crippen LogP contribution in [0, 0.1) is 0 Å². The number of rotatable bonds is 8. The second-order valence-corrected chi connectivity index (χ2v) is 7.55. The van der Waals surface area contributed by atoms with Crippen molar-refractivity contribution < 1.29 is 17.9 Å². The normalized spacial score (nSPS) is 14.0. The number of benzene rings is 1. The summed E-state index contributed by atoms with van der Waals surface area (Å²) >= 11 is 0. The fourth-order valence-corrected chi connectivity index (χ4v) is 2.65. The summed E-state index contributed by atoms with van der Waals surface area (Å²) in [7, 11) is -1.98. The Labute approximate surface area is 137 Å². The molecule has 1 unspecified atom stereocenters. The van der Waals surface area contributed by atoms with E-state index >= 15 is 0 Å². The maximum atomic E-state index is 12.2. The van der Waals surface area contributed by atoms with E-state index in [1.165, 1.54) is 13.2 Å². The number of carbonyl (C=O) groups excluding carboxylic acids is 1. The van der Waals surface area contributed by atoms with Gasteiger partial charge in [0.2, 0.25) is 15.9 Å². The molecule has 130 valence electrons. The lowest BCUT2D eigenvalue weighted by Crippen LogP contribution is -2.48. The molecule has 0 aliphatic rings. The molecule has 0 fully saturated rings. The van der Waals surface area contributed by atoms with Crippen LogP contribution >= 0.6 is 0 Å². The fourth-order valence-electron chi connectivity index (χ4n) is 2.00. The highest BCUT2D eigenvalue weighted by Gasteiger charge is 2.27. The summed E-state index contributed by atoms with van der Waals surface area (Å²) in [5, 5.41) is 2.72. The summed E-state index contributed by atoms with van der Waals surface area (Å²) < 4.78 is 30.9. The van der Waals surface area contributed by atoms with E-state index in [1.807, 2.05) is 6.92 Å². The number of nitrogens with two attached hydrogens (primary N) is 1. The molecule has 1 amide bonds. The van der Waals surface area contributed by atoms with Gasteiger partial charge in [0, 0.05) is 11.8 Å². The fraction of sp³-hybridized carbons (Fsp3) is 0.533. The molecule has 1 rings (SSSR count). The number of nitrogens with one attached hydrogen (secondary N) is 2. The third-order valence-corrected chi connectivity index (χ3v) is 4.68. The number of anilines is 2. The van der Waals surface area contributed by atoms with Crippen molar-refractivity contribution in [3.63, 3.8) is 0 Å². The number of hydrogen-bond donors (Lipinski definition) is 3. The summed E-state index contributed by atoms with van der Waals surface area (Å²) in [6, 6.07) is 4.68. The van der Waals surface area contributed by atoms with E-state index in [2.05, 4.69) is 10.0 Å². The molecular formula is C15H25N3O4S. The van der Waals surface area contributed by atoms with Crippen LogP contribution in [0.15, 0.2) is 18.2 Å². The number of hydrogen-bond acceptors (Lipinski definition) is 5. The molecule has 8 heteroatoms. The van der Waals surface area contributed by atoms with Crippen LogP contribution in [-0.2, 0) is 14.8 Å². The average Bonchev–Trinajstić information content (AvgIpc) is 2.48. The van der Waals surface area contributed by atoms with Gasteiger partial charge in [-0.25, -0.2) is 8.42 Å².